The third-order valence-electron chi connectivity index (χ3n) is 7.77. The number of aromatic carboxylic acids is 1. The second-order valence-corrected chi connectivity index (χ2v) is 10.7. The number of hydrogen-bond acceptors (Lipinski definition) is 7. The van der Waals surface area contributed by atoms with E-state index >= 15 is 0 Å². The first kappa shape index (κ1) is 25.9. The first-order valence-corrected chi connectivity index (χ1v) is 13.9. The Hall–Kier alpha value is -4.31. The van der Waals surface area contributed by atoms with Gasteiger partial charge in [0, 0.05) is 43.0 Å². The van der Waals surface area contributed by atoms with Crippen LogP contribution in [0.15, 0.2) is 48.9 Å². The summed E-state index contributed by atoms with van der Waals surface area (Å²) in [7, 11) is 0. The maximum atomic E-state index is 13.2. The molecule has 4 aromatic rings. The monoisotopic (exact) mass is 539 g/mol. The van der Waals surface area contributed by atoms with Crippen LogP contribution in [-0.4, -0.2) is 67.9 Å². The highest BCUT2D eigenvalue weighted by Crippen LogP contribution is 2.28. The van der Waals surface area contributed by atoms with Gasteiger partial charge in [-0.3, -0.25) is 9.88 Å². The van der Waals surface area contributed by atoms with Gasteiger partial charge in [-0.15, -0.1) is 0 Å². The quantitative estimate of drug-likeness (QED) is 0.345. The zero-order chi connectivity index (χ0) is 27.6. The SMILES string of the molecule is Cc1cc(NC(=O)n2nc(C(=O)O)c3cc(-c4cncc(CN5CCCCC5)c4)ccc32)cnc1N1CCCC1. The minimum atomic E-state index is -1.20. The van der Waals surface area contributed by atoms with Gasteiger partial charge in [0.2, 0.25) is 0 Å². The Balaban J connectivity index is 1.27. The number of anilines is 2. The number of fused-ring (bicyclic) bond motifs is 1. The van der Waals surface area contributed by atoms with E-state index in [1.54, 1.807) is 24.5 Å². The Labute approximate surface area is 232 Å². The molecule has 2 aliphatic rings. The number of nitrogens with zero attached hydrogens (tertiary/aromatic N) is 6. The van der Waals surface area contributed by atoms with E-state index < -0.39 is 12.0 Å². The number of amides is 1. The summed E-state index contributed by atoms with van der Waals surface area (Å²) in [6.07, 6.45) is 11.3. The number of benzene rings is 1. The molecule has 0 radical (unpaired) electrons. The van der Waals surface area contributed by atoms with Gasteiger partial charge in [0.25, 0.3) is 0 Å². The topological polar surface area (TPSA) is 116 Å². The van der Waals surface area contributed by atoms with Gasteiger partial charge >= 0.3 is 12.0 Å². The molecule has 5 heterocycles. The molecule has 2 N–H and O–H groups in total. The van der Waals surface area contributed by atoms with Crippen molar-refractivity contribution in [3.63, 3.8) is 0 Å². The minimum Gasteiger partial charge on any atom is -0.476 e. The molecule has 206 valence electrons. The molecule has 0 aliphatic carbocycles. The van der Waals surface area contributed by atoms with E-state index in [1.165, 1.54) is 19.3 Å². The fourth-order valence-electron chi connectivity index (χ4n) is 5.79. The van der Waals surface area contributed by atoms with Crippen molar-refractivity contribution in [2.75, 3.05) is 36.4 Å². The van der Waals surface area contributed by atoms with Crippen LogP contribution in [0.2, 0.25) is 0 Å². The number of likely N-dealkylation sites (tertiary alicyclic amines) is 1. The van der Waals surface area contributed by atoms with E-state index in [4.69, 9.17) is 0 Å². The van der Waals surface area contributed by atoms with E-state index in [1.807, 2.05) is 25.3 Å². The number of aryl methyl sites for hydroxylation is 1. The molecule has 10 nitrogen and oxygen atoms in total. The first-order chi connectivity index (χ1) is 19.5. The Bertz CT molecular complexity index is 1570. The van der Waals surface area contributed by atoms with Crippen molar-refractivity contribution in [3.8, 4) is 11.1 Å². The van der Waals surface area contributed by atoms with Crippen LogP contribution >= 0.6 is 0 Å². The minimum absolute atomic E-state index is 0.178. The van der Waals surface area contributed by atoms with Gasteiger partial charge in [-0.25, -0.2) is 14.6 Å². The van der Waals surface area contributed by atoms with Crippen molar-refractivity contribution >= 4 is 34.4 Å². The zero-order valence-electron chi connectivity index (χ0n) is 22.6. The van der Waals surface area contributed by atoms with E-state index in [0.717, 1.165) is 78.3 Å². The van der Waals surface area contributed by atoms with Gasteiger partial charge in [0.05, 0.1) is 17.4 Å². The number of nitrogens with one attached hydrogen (secondary N) is 1. The molecule has 0 bridgehead atoms. The van der Waals surface area contributed by atoms with Crippen molar-refractivity contribution in [1.29, 1.82) is 0 Å². The van der Waals surface area contributed by atoms with Crippen molar-refractivity contribution in [3.05, 3.63) is 65.7 Å². The lowest BCUT2D eigenvalue weighted by Gasteiger charge is -2.26. The number of aromatic nitrogens is 4. The summed E-state index contributed by atoms with van der Waals surface area (Å²) in [5.41, 5.74) is 4.56. The maximum absolute atomic E-state index is 13.2. The Morgan fingerprint density at radius 2 is 1.70 bits per heavy atom. The molecule has 0 spiro atoms. The smallest absolute Gasteiger partial charge is 0.357 e. The van der Waals surface area contributed by atoms with Crippen molar-refractivity contribution < 1.29 is 14.7 Å². The predicted octanol–water partition coefficient (Wildman–Crippen LogP) is 5.17. The normalized spacial score (nSPS) is 16.0. The predicted molar refractivity (Wildman–Crippen MR) is 154 cm³/mol. The summed E-state index contributed by atoms with van der Waals surface area (Å²) in [5.74, 6) is -0.270. The third-order valence-corrected chi connectivity index (χ3v) is 7.77. The lowest BCUT2D eigenvalue weighted by molar-refractivity contribution is 0.0692. The molecular formula is C30H33N7O3. The Morgan fingerprint density at radius 3 is 2.45 bits per heavy atom. The van der Waals surface area contributed by atoms with Gasteiger partial charge in [-0.1, -0.05) is 12.5 Å². The van der Waals surface area contributed by atoms with Crippen LogP contribution in [0.4, 0.5) is 16.3 Å². The van der Waals surface area contributed by atoms with Crippen LogP contribution in [0.25, 0.3) is 22.0 Å². The number of hydrogen-bond donors (Lipinski definition) is 2. The molecule has 0 saturated carbocycles. The molecule has 0 unspecified atom stereocenters. The number of rotatable bonds is 6. The van der Waals surface area contributed by atoms with Gasteiger partial charge in [0.1, 0.15) is 5.82 Å². The second-order valence-electron chi connectivity index (χ2n) is 10.7. The lowest BCUT2D eigenvalue weighted by Crippen LogP contribution is -2.29. The summed E-state index contributed by atoms with van der Waals surface area (Å²) in [4.78, 5) is 39.1. The number of carboxylic acids is 1. The lowest BCUT2D eigenvalue weighted by atomic mass is 10.0. The van der Waals surface area contributed by atoms with Crippen LogP contribution in [0.1, 0.15) is 53.7 Å². The highest BCUT2D eigenvalue weighted by Gasteiger charge is 2.22. The van der Waals surface area contributed by atoms with Gasteiger partial charge < -0.3 is 15.3 Å². The molecule has 3 aromatic heterocycles. The molecule has 0 atom stereocenters. The summed E-state index contributed by atoms with van der Waals surface area (Å²) in [5, 5.41) is 17.3. The average molecular weight is 540 g/mol. The van der Waals surface area contributed by atoms with Crippen molar-refractivity contribution in [2.45, 2.75) is 45.6 Å². The molecule has 1 amide bonds. The number of piperidine rings is 1. The summed E-state index contributed by atoms with van der Waals surface area (Å²) >= 11 is 0. The molecule has 1 aromatic carbocycles. The third kappa shape index (κ3) is 5.27. The van der Waals surface area contributed by atoms with Crippen molar-refractivity contribution in [2.24, 2.45) is 0 Å². The van der Waals surface area contributed by atoms with Crippen molar-refractivity contribution in [1.82, 2.24) is 24.6 Å². The van der Waals surface area contributed by atoms with Crippen LogP contribution in [0.3, 0.4) is 0 Å². The van der Waals surface area contributed by atoms with E-state index in [0.29, 0.717) is 16.6 Å². The summed E-state index contributed by atoms with van der Waals surface area (Å²) in [6.45, 7) is 6.97. The average Bonchev–Trinajstić information content (AvgIpc) is 3.62. The van der Waals surface area contributed by atoms with Crippen LogP contribution in [0, 0.1) is 6.92 Å². The molecule has 40 heavy (non-hydrogen) atoms. The number of pyridine rings is 2. The largest absolute Gasteiger partial charge is 0.476 e. The fourth-order valence-corrected chi connectivity index (χ4v) is 5.79. The molecular weight excluding hydrogens is 506 g/mol. The van der Waals surface area contributed by atoms with Gasteiger partial charge in [-0.2, -0.15) is 9.78 Å². The number of carbonyl (C=O) groups is 2. The summed E-state index contributed by atoms with van der Waals surface area (Å²) in [6, 6.07) is 8.81. The zero-order valence-corrected chi connectivity index (χ0v) is 22.6. The van der Waals surface area contributed by atoms with E-state index in [9.17, 15) is 14.7 Å². The van der Waals surface area contributed by atoms with Gasteiger partial charge in [-0.05, 0) is 86.7 Å². The Kier molecular flexibility index (Phi) is 7.17. The van der Waals surface area contributed by atoms with Gasteiger partial charge in [0.15, 0.2) is 5.69 Å². The standard InChI is InChI=1S/C30H33N7O3/c1-20-13-24(18-32-28(20)36-11-5-6-12-36)33-30(40)37-26-8-7-22(15-25(26)27(34-37)29(38)39)23-14-21(16-31-17-23)19-35-9-3-2-4-10-35/h7-8,13-18H,2-6,9-12,19H2,1H3,(H,33,40)(H,38,39). The Morgan fingerprint density at radius 1 is 0.925 bits per heavy atom. The molecule has 6 rings (SSSR count). The number of carbonyl (C=O) groups excluding carboxylic acids is 1. The number of carboxylic acid groups (broad SMARTS) is 1. The second kappa shape index (κ2) is 11.1. The maximum Gasteiger partial charge on any atom is 0.357 e. The molecule has 2 saturated heterocycles. The van der Waals surface area contributed by atoms with Crippen LogP contribution in [0.5, 0.6) is 0 Å². The van der Waals surface area contributed by atoms with Crippen LogP contribution in [-0.2, 0) is 6.54 Å². The fraction of sp³-hybridized carbons (Fsp3) is 0.367. The molecule has 2 fully saturated rings. The highest BCUT2D eigenvalue weighted by molar-refractivity contribution is 6.06. The molecule has 2 aliphatic heterocycles. The first-order valence-electron chi connectivity index (χ1n) is 13.9. The summed E-state index contributed by atoms with van der Waals surface area (Å²) < 4.78 is 1.11. The molecule has 10 heteroatoms. The van der Waals surface area contributed by atoms with Crippen LogP contribution < -0.4 is 10.2 Å². The highest BCUT2D eigenvalue weighted by atomic mass is 16.4. The van der Waals surface area contributed by atoms with E-state index in [-0.39, 0.29) is 5.69 Å². The van der Waals surface area contributed by atoms with E-state index in [2.05, 4.69) is 36.2 Å².